The van der Waals surface area contributed by atoms with Crippen LogP contribution in [0.5, 0.6) is 0 Å². The standard InChI is InChI=1S/C6H9B2N4O2/c1-8(13)11-6(7-14-5-9)12-4-2-3-10-12/h2-5,9,13H,1H3. The van der Waals surface area contributed by atoms with Crippen molar-refractivity contribution >= 4 is 26.7 Å². The molecule has 0 aliphatic rings. The molecule has 1 aromatic heterocycles. The number of rotatable bonds is 4. The molecule has 0 fully saturated rings. The van der Waals surface area contributed by atoms with Crippen molar-refractivity contribution in [3.05, 3.63) is 18.5 Å². The highest BCUT2D eigenvalue weighted by Crippen LogP contribution is 1.89. The number of hydrogen-bond acceptors (Lipinski definition) is 5. The van der Waals surface area contributed by atoms with Crippen molar-refractivity contribution in [2.45, 2.75) is 6.82 Å². The van der Waals surface area contributed by atoms with Crippen molar-refractivity contribution in [3.8, 4) is 0 Å². The second-order valence-electron chi connectivity index (χ2n) is 2.44. The molecule has 1 aromatic rings. The minimum Gasteiger partial charge on any atom is -0.547 e. The van der Waals surface area contributed by atoms with Crippen molar-refractivity contribution in [2.24, 2.45) is 4.90 Å². The van der Waals surface area contributed by atoms with E-state index in [1.807, 2.05) is 0 Å². The molecule has 0 aliphatic carbocycles. The fourth-order valence-electron chi connectivity index (χ4n) is 0.834. The van der Waals surface area contributed by atoms with Gasteiger partial charge in [-0.25, -0.2) is 4.68 Å². The van der Waals surface area contributed by atoms with E-state index in [0.717, 1.165) is 6.40 Å². The average Bonchev–Trinajstić information content (AvgIpc) is 2.64. The zero-order valence-electron chi connectivity index (χ0n) is 7.66. The van der Waals surface area contributed by atoms with Crippen molar-refractivity contribution in [2.75, 3.05) is 0 Å². The maximum absolute atomic E-state index is 9.06. The summed E-state index contributed by atoms with van der Waals surface area (Å²) in [4.78, 5) is 3.85. The molecular formula is C6H9B2N4O2. The quantitative estimate of drug-likeness (QED) is 0.380. The van der Waals surface area contributed by atoms with Gasteiger partial charge in [0.2, 0.25) is 0 Å². The molecule has 0 spiro atoms. The summed E-state index contributed by atoms with van der Waals surface area (Å²) in [6.45, 7) is 1.52. The molecule has 8 heteroatoms. The fraction of sp³-hybridized carbons (Fsp3) is 0.167. The van der Waals surface area contributed by atoms with E-state index in [-0.39, 0.29) is 0 Å². The monoisotopic (exact) mass is 191 g/mol. The van der Waals surface area contributed by atoms with Crippen molar-refractivity contribution in [1.82, 2.24) is 9.78 Å². The van der Waals surface area contributed by atoms with E-state index in [1.54, 1.807) is 18.5 Å². The normalized spacial score (nSPS) is 10.9. The Bertz CT molecular complexity index is 312. The van der Waals surface area contributed by atoms with Crippen LogP contribution in [0.3, 0.4) is 0 Å². The molecule has 0 saturated carbocycles. The molecule has 2 N–H and O–H groups in total. The van der Waals surface area contributed by atoms with Gasteiger partial charge in [-0.15, -0.1) is 0 Å². The number of nitrogens with zero attached hydrogens (tertiary/aromatic N) is 3. The predicted octanol–water partition coefficient (Wildman–Crippen LogP) is -0.560. The molecule has 0 saturated heterocycles. The molecule has 71 valence electrons. The summed E-state index contributed by atoms with van der Waals surface area (Å²) in [5, 5.41) is 19.6. The van der Waals surface area contributed by atoms with Gasteiger partial charge in [-0.3, -0.25) is 5.41 Å². The first-order valence-corrected chi connectivity index (χ1v) is 3.97. The van der Waals surface area contributed by atoms with Crippen LogP contribution >= 0.6 is 0 Å². The zero-order valence-corrected chi connectivity index (χ0v) is 7.66. The molecule has 1 heterocycles. The summed E-state index contributed by atoms with van der Waals surface area (Å²) in [6.07, 6.45) is 4.00. The van der Waals surface area contributed by atoms with Gasteiger partial charge in [0.05, 0.1) is 0 Å². The average molecular weight is 191 g/mol. The molecular weight excluding hydrogens is 182 g/mol. The lowest BCUT2D eigenvalue weighted by Gasteiger charge is -2.04. The van der Waals surface area contributed by atoms with E-state index in [1.165, 1.54) is 19.0 Å². The van der Waals surface area contributed by atoms with Gasteiger partial charge < -0.3 is 14.6 Å². The highest BCUT2D eigenvalue weighted by Gasteiger charge is 2.10. The van der Waals surface area contributed by atoms with Crippen LogP contribution < -0.4 is 0 Å². The molecule has 1 rings (SSSR count). The maximum atomic E-state index is 9.06. The smallest absolute Gasteiger partial charge is 0.451 e. The van der Waals surface area contributed by atoms with E-state index < -0.39 is 7.05 Å². The summed E-state index contributed by atoms with van der Waals surface area (Å²) in [5.41, 5.74) is 0.327. The molecule has 0 unspecified atom stereocenters. The van der Waals surface area contributed by atoms with Gasteiger partial charge >= 0.3 is 14.5 Å². The third kappa shape index (κ3) is 3.06. The lowest BCUT2D eigenvalue weighted by atomic mass is 9.87. The highest BCUT2D eigenvalue weighted by molar-refractivity contribution is 6.73. The second kappa shape index (κ2) is 5.23. The summed E-state index contributed by atoms with van der Waals surface area (Å²) in [7, 11) is 0.381. The Hall–Kier alpha value is -1.56. The van der Waals surface area contributed by atoms with Crippen LogP contribution in [-0.2, 0) is 4.65 Å². The summed E-state index contributed by atoms with van der Waals surface area (Å²) >= 11 is 0. The second-order valence-corrected chi connectivity index (χ2v) is 2.44. The third-order valence-electron chi connectivity index (χ3n) is 1.30. The molecule has 0 aliphatic heterocycles. The Labute approximate surface area is 82.5 Å². The lowest BCUT2D eigenvalue weighted by Crippen LogP contribution is -2.25. The number of hydrogen-bond donors (Lipinski definition) is 2. The van der Waals surface area contributed by atoms with Crippen LogP contribution in [0, 0.1) is 5.41 Å². The summed E-state index contributed by atoms with van der Waals surface area (Å²) < 4.78 is 6.06. The molecule has 1 radical (unpaired) electrons. The Morgan fingerprint density at radius 3 is 3.14 bits per heavy atom. The van der Waals surface area contributed by atoms with Crippen LogP contribution in [0.15, 0.2) is 23.4 Å². The van der Waals surface area contributed by atoms with Gasteiger partial charge in [0.1, 0.15) is 12.1 Å². The van der Waals surface area contributed by atoms with Gasteiger partial charge in [0.25, 0.3) is 0 Å². The topological polar surface area (TPSA) is 83.5 Å². The number of aromatic nitrogens is 2. The van der Waals surface area contributed by atoms with Crippen molar-refractivity contribution in [1.29, 1.82) is 5.41 Å². The van der Waals surface area contributed by atoms with E-state index in [0.29, 0.717) is 5.73 Å². The minimum absolute atomic E-state index is 0.327. The SMILES string of the molecule is CB(O)N=C([B]OC=N)n1cccn1. The van der Waals surface area contributed by atoms with Gasteiger partial charge in [-0.1, -0.05) is 0 Å². The molecule has 14 heavy (non-hydrogen) atoms. The van der Waals surface area contributed by atoms with Crippen LogP contribution in [0.2, 0.25) is 6.82 Å². The van der Waals surface area contributed by atoms with Crippen molar-refractivity contribution < 1.29 is 9.68 Å². The Morgan fingerprint density at radius 1 is 1.86 bits per heavy atom. The van der Waals surface area contributed by atoms with Crippen LogP contribution in [0.25, 0.3) is 0 Å². The Balaban J connectivity index is 2.77. The molecule has 6 nitrogen and oxygen atoms in total. The first kappa shape index (κ1) is 10.5. The third-order valence-corrected chi connectivity index (χ3v) is 1.30. The maximum Gasteiger partial charge on any atom is 0.451 e. The largest absolute Gasteiger partial charge is 0.547 e. The zero-order chi connectivity index (χ0) is 10.4. The first-order valence-electron chi connectivity index (χ1n) is 3.97. The molecule has 0 aromatic carbocycles. The van der Waals surface area contributed by atoms with Crippen LogP contribution in [0.1, 0.15) is 0 Å². The summed E-state index contributed by atoms with van der Waals surface area (Å²) in [6, 6.07) is 1.72. The Morgan fingerprint density at radius 2 is 2.64 bits per heavy atom. The summed E-state index contributed by atoms with van der Waals surface area (Å²) in [5.74, 6) is 0. The van der Waals surface area contributed by atoms with Gasteiger partial charge in [0.15, 0.2) is 0 Å². The van der Waals surface area contributed by atoms with E-state index in [9.17, 15) is 0 Å². The van der Waals surface area contributed by atoms with Gasteiger partial charge in [0, 0.05) is 12.4 Å². The van der Waals surface area contributed by atoms with E-state index >= 15 is 0 Å². The number of nitrogens with one attached hydrogen (secondary N) is 1. The minimum atomic E-state index is -0.847. The van der Waals surface area contributed by atoms with Crippen molar-refractivity contribution in [3.63, 3.8) is 0 Å². The Kier molecular flexibility index (Phi) is 3.93. The first-order chi connectivity index (χ1) is 6.74. The predicted molar refractivity (Wildman–Crippen MR) is 54.5 cm³/mol. The van der Waals surface area contributed by atoms with E-state index in [4.69, 9.17) is 10.4 Å². The van der Waals surface area contributed by atoms with Crippen LogP contribution in [0.4, 0.5) is 0 Å². The molecule has 0 bridgehead atoms. The fourth-order valence-corrected chi connectivity index (χ4v) is 0.834. The van der Waals surface area contributed by atoms with Gasteiger partial charge in [-0.05, 0) is 12.9 Å². The molecule has 0 amide bonds. The van der Waals surface area contributed by atoms with Gasteiger partial charge in [-0.2, -0.15) is 5.10 Å². The molecule has 0 atom stereocenters. The van der Waals surface area contributed by atoms with E-state index in [2.05, 4.69) is 14.7 Å². The highest BCUT2D eigenvalue weighted by atomic mass is 16.4. The van der Waals surface area contributed by atoms with Crippen LogP contribution in [-0.4, -0.2) is 41.5 Å². The lowest BCUT2D eigenvalue weighted by molar-refractivity contribution is 0.580.